The van der Waals surface area contributed by atoms with Crippen LogP contribution in [0.4, 0.5) is 0 Å². The van der Waals surface area contributed by atoms with Crippen LogP contribution in [0.2, 0.25) is 0 Å². The Morgan fingerprint density at radius 2 is 1.47 bits per heavy atom. The first kappa shape index (κ1) is 20.4. The number of carbonyl (C=O) groups excluding carboxylic acids is 4. The van der Waals surface area contributed by atoms with E-state index in [9.17, 15) is 19.2 Å². The van der Waals surface area contributed by atoms with Crippen LogP contribution in [0.3, 0.4) is 0 Å². The molecule has 0 amide bonds. The van der Waals surface area contributed by atoms with Gasteiger partial charge in [-0.05, 0) is 30.7 Å². The summed E-state index contributed by atoms with van der Waals surface area (Å²) in [6.45, 7) is -0.299. The van der Waals surface area contributed by atoms with Gasteiger partial charge in [0.25, 0.3) is 0 Å². The van der Waals surface area contributed by atoms with Crippen LogP contribution in [0.1, 0.15) is 27.1 Å². The van der Waals surface area contributed by atoms with Gasteiger partial charge in [-0.2, -0.15) is 0 Å². The Morgan fingerprint density at radius 3 is 2.09 bits per heavy atom. The standard InChI is InChI=1S/C24H20O8/c25-20(14-7-3-1-4-8-14)29-12-16-11-17-18-19(23(28)31-22(18)27)24(16,32-17)13-30-21(26)15-9-5-2-6-10-15/h1-10,16-19H,11-13H2/t16-,17?,18+,19-,24+/m0/s1. The minimum Gasteiger partial charge on any atom is -0.462 e. The molecule has 0 radical (unpaired) electrons. The van der Waals surface area contributed by atoms with Crippen molar-refractivity contribution in [2.75, 3.05) is 13.2 Å². The van der Waals surface area contributed by atoms with Crippen LogP contribution in [0, 0.1) is 17.8 Å². The molecule has 8 heteroatoms. The molecule has 0 aromatic heterocycles. The lowest BCUT2D eigenvalue weighted by Gasteiger charge is -2.35. The third-order valence-electron chi connectivity index (χ3n) is 6.46. The minimum atomic E-state index is -1.29. The molecular formula is C24H20O8. The van der Waals surface area contributed by atoms with Gasteiger partial charge in [-0.1, -0.05) is 36.4 Å². The smallest absolute Gasteiger partial charge is 0.338 e. The van der Waals surface area contributed by atoms with Crippen molar-refractivity contribution >= 4 is 23.9 Å². The van der Waals surface area contributed by atoms with Gasteiger partial charge in [-0.25, -0.2) is 9.59 Å². The second kappa shape index (κ2) is 7.87. The van der Waals surface area contributed by atoms with E-state index in [0.29, 0.717) is 17.5 Å². The number of hydrogen-bond acceptors (Lipinski definition) is 8. The number of ether oxygens (including phenoxy) is 4. The molecule has 5 atom stereocenters. The number of hydrogen-bond donors (Lipinski definition) is 0. The van der Waals surface area contributed by atoms with E-state index in [-0.39, 0.29) is 13.2 Å². The first-order valence-electron chi connectivity index (χ1n) is 10.4. The molecule has 0 spiro atoms. The third kappa shape index (κ3) is 3.27. The molecular weight excluding hydrogens is 416 g/mol. The van der Waals surface area contributed by atoms with E-state index in [1.165, 1.54) is 0 Å². The summed E-state index contributed by atoms with van der Waals surface area (Å²) in [7, 11) is 0. The van der Waals surface area contributed by atoms with Gasteiger partial charge < -0.3 is 18.9 Å². The summed E-state index contributed by atoms with van der Waals surface area (Å²) in [4.78, 5) is 49.6. The summed E-state index contributed by atoms with van der Waals surface area (Å²) >= 11 is 0. The second-order valence-electron chi connectivity index (χ2n) is 8.19. The Hall–Kier alpha value is -3.52. The molecule has 3 aliphatic heterocycles. The van der Waals surface area contributed by atoms with Crippen LogP contribution in [-0.4, -0.2) is 48.8 Å². The van der Waals surface area contributed by atoms with Crippen LogP contribution in [0.5, 0.6) is 0 Å². The van der Waals surface area contributed by atoms with Crippen LogP contribution in [0.15, 0.2) is 60.7 Å². The zero-order valence-corrected chi connectivity index (χ0v) is 17.0. The molecule has 0 saturated carbocycles. The molecule has 2 bridgehead atoms. The average molecular weight is 436 g/mol. The molecule has 3 aliphatic rings. The lowest BCUT2D eigenvalue weighted by atomic mass is 9.67. The maximum absolute atomic E-state index is 12.5. The Labute approximate surface area is 183 Å². The maximum atomic E-state index is 12.5. The number of carbonyl (C=O) groups is 4. The molecule has 1 unspecified atom stereocenters. The summed E-state index contributed by atoms with van der Waals surface area (Å²) in [6, 6.07) is 16.9. The summed E-state index contributed by atoms with van der Waals surface area (Å²) in [6.07, 6.45) is -0.177. The van der Waals surface area contributed by atoms with E-state index in [1.54, 1.807) is 60.7 Å². The number of benzene rings is 2. The molecule has 164 valence electrons. The maximum Gasteiger partial charge on any atom is 0.338 e. The minimum absolute atomic E-state index is 0.0438. The fraction of sp³-hybridized carbons (Fsp3) is 0.333. The van der Waals surface area contributed by atoms with E-state index in [0.717, 1.165) is 0 Å². The topological polar surface area (TPSA) is 105 Å². The van der Waals surface area contributed by atoms with Crippen molar-refractivity contribution in [1.29, 1.82) is 0 Å². The van der Waals surface area contributed by atoms with Gasteiger partial charge in [0.15, 0.2) is 0 Å². The van der Waals surface area contributed by atoms with E-state index in [4.69, 9.17) is 18.9 Å². The predicted molar refractivity (Wildman–Crippen MR) is 107 cm³/mol. The van der Waals surface area contributed by atoms with Crippen LogP contribution in [0.25, 0.3) is 0 Å². The van der Waals surface area contributed by atoms with Crippen molar-refractivity contribution in [1.82, 2.24) is 0 Å². The van der Waals surface area contributed by atoms with Crippen LogP contribution in [-0.2, 0) is 28.5 Å². The van der Waals surface area contributed by atoms with Gasteiger partial charge in [-0.3, -0.25) is 9.59 Å². The summed E-state index contributed by atoms with van der Waals surface area (Å²) < 4.78 is 22.0. The highest BCUT2D eigenvalue weighted by Crippen LogP contribution is 2.57. The van der Waals surface area contributed by atoms with Gasteiger partial charge in [0.05, 0.1) is 29.8 Å². The fourth-order valence-electron chi connectivity index (χ4n) is 4.96. The third-order valence-corrected chi connectivity index (χ3v) is 6.46. The highest BCUT2D eigenvalue weighted by molar-refractivity contribution is 5.98. The zero-order valence-electron chi connectivity index (χ0n) is 17.0. The molecule has 32 heavy (non-hydrogen) atoms. The Kier molecular flexibility index (Phi) is 5.01. The van der Waals surface area contributed by atoms with E-state index < -0.39 is 53.3 Å². The molecule has 2 aromatic carbocycles. The lowest BCUT2D eigenvalue weighted by Crippen LogP contribution is -2.51. The van der Waals surface area contributed by atoms with Gasteiger partial charge in [0.2, 0.25) is 0 Å². The zero-order chi connectivity index (χ0) is 22.3. The molecule has 5 rings (SSSR count). The number of fused-ring (bicyclic) bond motifs is 5. The fourth-order valence-corrected chi connectivity index (χ4v) is 4.96. The van der Waals surface area contributed by atoms with Gasteiger partial charge in [0, 0.05) is 5.92 Å². The molecule has 3 saturated heterocycles. The van der Waals surface area contributed by atoms with Gasteiger partial charge in [-0.15, -0.1) is 0 Å². The quantitative estimate of drug-likeness (QED) is 0.385. The van der Waals surface area contributed by atoms with Crippen molar-refractivity contribution in [2.24, 2.45) is 17.8 Å². The van der Waals surface area contributed by atoms with Crippen molar-refractivity contribution < 1.29 is 38.1 Å². The molecule has 0 aliphatic carbocycles. The average Bonchev–Trinajstić information content (AvgIpc) is 3.45. The van der Waals surface area contributed by atoms with E-state index in [2.05, 4.69) is 0 Å². The number of cyclic esters (lactones) is 2. The second-order valence-corrected chi connectivity index (χ2v) is 8.19. The first-order valence-corrected chi connectivity index (χ1v) is 10.4. The molecule has 0 N–H and O–H groups in total. The summed E-state index contributed by atoms with van der Waals surface area (Å²) in [5, 5.41) is 0. The lowest BCUT2D eigenvalue weighted by molar-refractivity contribution is -0.162. The van der Waals surface area contributed by atoms with Crippen molar-refractivity contribution in [3.05, 3.63) is 71.8 Å². The number of rotatable bonds is 6. The number of esters is 4. The normalized spacial score (nSPS) is 30.0. The Bertz CT molecular complexity index is 1070. The van der Waals surface area contributed by atoms with E-state index in [1.807, 2.05) is 0 Å². The van der Waals surface area contributed by atoms with Crippen molar-refractivity contribution in [3.8, 4) is 0 Å². The highest BCUT2D eigenvalue weighted by atomic mass is 16.6. The molecule has 2 aromatic rings. The van der Waals surface area contributed by atoms with Crippen LogP contribution >= 0.6 is 0 Å². The first-order chi connectivity index (χ1) is 15.5. The van der Waals surface area contributed by atoms with Crippen LogP contribution < -0.4 is 0 Å². The van der Waals surface area contributed by atoms with Gasteiger partial charge in [0.1, 0.15) is 18.1 Å². The van der Waals surface area contributed by atoms with Crippen molar-refractivity contribution in [3.63, 3.8) is 0 Å². The SMILES string of the molecule is O=C(OC[C@@H]1CC2O[C@@]1(COC(=O)c1ccccc1)[C@@H]1C(=O)OC(=O)[C@H]21)c1ccccc1. The molecule has 8 nitrogen and oxygen atoms in total. The summed E-state index contributed by atoms with van der Waals surface area (Å²) in [5.74, 6) is -4.49. The van der Waals surface area contributed by atoms with Crippen molar-refractivity contribution in [2.45, 2.75) is 18.1 Å². The molecule has 3 fully saturated rings. The highest BCUT2D eigenvalue weighted by Gasteiger charge is 2.73. The Balaban J connectivity index is 1.36. The largest absolute Gasteiger partial charge is 0.462 e. The Morgan fingerprint density at radius 1 is 0.875 bits per heavy atom. The van der Waals surface area contributed by atoms with E-state index >= 15 is 0 Å². The predicted octanol–water partition coefficient (Wildman–Crippen LogP) is 2.17. The summed E-state index contributed by atoms with van der Waals surface area (Å²) in [5.41, 5.74) is -0.542. The van der Waals surface area contributed by atoms with Gasteiger partial charge >= 0.3 is 23.9 Å². The molecule has 3 heterocycles. The monoisotopic (exact) mass is 436 g/mol.